The van der Waals surface area contributed by atoms with E-state index in [9.17, 15) is 14.4 Å². The maximum atomic E-state index is 12.4. The molecule has 1 fully saturated rings. The molecule has 0 bridgehead atoms. The summed E-state index contributed by atoms with van der Waals surface area (Å²) in [4.78, 5) is 35.8. The number of halogens is 1. The van der Waals surface area contributed by atoms with Gasteiger partial charge in [0, 0.05) is 12.8 Å². The van der Waals surface area contributed by atoms with Gasteiger partial charge in [0.1, 0.15) is 46.7 Å². The van der Waals surface area contributed by atoms with Crippen molar-refractivity contribution in [2.45, 2.75) is 50.8 Å². The third-order valence-corrected chi connectivity index (χ3v) is 5.38. The van der Waals surface area contributed by atoms with Crippen LogP contribution in [-0.4, -0.2) is 43.7 Å². The summed E-state index contributed by atoms with van der Waals surface area (Å²) >= 11 is 1.75. The summed E-state index contributed by atoms with van der Waals surface area (Å²) in [6, 6.07) is 5.39. The predicted molar refractivity (Wildman–Crippen MR) is 112 cm³/mol. The number of carbonyl (C=O) groups is 3. The molecule has 0 spiro atoms. The maximum Gasteiger partial charge on any atom is 0.383 e. The second-order valence-corrected chi connectivity index (χ2v) is 7.87. The molecule has 150 valence electrons. The fourth-order valence-electron chi connectivity index (χ4n) is 3.41. The van der Waals surface area contributed by atoms with Gasteiger partial charge in [0.25, 0.3) is 0 Å². The van der Waals surface area contributed by atoms with Gasteiger partial charge in [-0.2, -0.15) is 0 Å². The summed E-state index contributed by atoms with van der Waals surface area (Å²) in [5, 5.41) is 3.03. The van der Waals surface area contributed by atoms with Crippen molar-refractivity contribution in [3.8, 4) is 5.75 Å². The number of benzene rings is 1. The molecule has 9 heteroatoms. The minimum Gasteiger partial charge on any atom is -0.557 e. The average Bonchev–Trinajstić information content (AvgIpc) is 3.50. The Morgan fingerprint density at radius 3 is 2.71 bits per heavy atom. The largest absolute Gasteiger partial charge is 0.557 e. The van der Waals surface area contributed by atoms with E-state index in [-0.39, 0.29) is 44.0 Å². The fraction of sp³-hybridized carbons (Fsp3) is 0.526. The van der Waals surface area contributed by atoms with Gasteiger partial charge in [-0.25, -0.2) is 4.79 Å². The van der Waals surface area contributed by atoms with Crippen LogP contribution in [0.1, 0.15) is 48.5 Å². The SMILES string of the molecule is CC(=O)CCC(=O)N[C@H]1Cc2cccc(C(=O)OCCOI)c2OB1C1CC1. The first-order chi connectivity index (χ1) is 13.5. The molecule has 1 atom stereocenters. The first kappa shape index (κ1) is 21.1. The Morgan fingerprint density at radius 1 is 1.25 bits per heavy atom. The normalized spacial score (nSPS) is 18.1. The van der Waals surface area contributed by atoms with Gasteiger partial charge in [-0.1, -0.05) is 25.0 Å². The number of para-hydroxylation sites is 1. The standard InChI is InChI=1S/C19H23BINO6/c1-12(23)5-8-17(24)22-16-11-13-3-2-4-15(19(25)26-9-10-27-21)18(13)28-20(16)14-6-7-14/h2-4,14,16H,5-11H2,1H3,(H,22,24)/t16-/m0/s1. The first-order valence-electron chi connectivity index (χ1n) is 9.47. The highest BCUT2D eigenvalue weighted by Crippen LogP contribution is 2.44. The van der Waals surface area contributed by atoms with Crippen LogP contribution >= 0.6 is 23.0 Å². The Labute approximate surface area is 178 Å². The van der Waals surface area contributed by atoms with Gasteiger partial charge in [0.2, 0.25) is 5.91 Å². The Bertz CT molecular complexity index is 754. The number of amides is 1. The number of ether oxygens (including phenoxy) is 1. The second-order valence-electron chi connectivity index (χ2n) is 7.24. The van der Waals surface area contributed by atoms with E-state index in [4.69, 9.17) is 12.5 Å². The quantitative estimate of drug-likeness (QED) is 0.243. The van der Waals surface area contributed by atoms with E-state index >= 15 is 0 Å². The predicted octanol–water partition coefficient (Wildman–Crippen LogP) is 2.69. The molecule has 1 amide bonds. The van der Waals surface area contributed by atoms with E-state index in [1.54, 1.807) is 35.1 Å². The zero-order valence-corrected chi connectivity index (χ0v) is 17.9. The molecule has 7 nitrogen and oxygen atoms in total. The lowest BCUT2D eigenvalue weighted by atomic mass is 9.52. The van der Waals surface area contributed by atoms with Gasteiger partial charge in [-0.3, -0.25) is 4.79 Å². The topological polar surface area (TPSA) is 90.9 Å². The van der Waals surface area contributed by atoms with E-state index in [1.807, 2.05) is 6.07 Å². The molecular formula is C19H23BINO6. The molecule has 0 radical (unpaired) electrons. The molecule has 1 heterocycles. The van der Waals surface area contributed by atoms with Crippen molar-refractivity contribution in [2.24, 2.45) is 0 Å². The molecule has 28 heavy (non-hydrogen) atoms. The number of nitrogens with one attached hydrogen (secondary N) is 1. The Kier molecular flexibility index (Phi) is 7.33. The third kappa shape index (κ3) is 5.47. The summed E-state index contributed by atoms with van der Waals surface area (Å²) in [7, 11) is 0. The molecule has 1 aromatic carbocycles. The summed E-state index contributed by atoms with van der Waals surface area (Å²) in [6.07, 6.45) is 3.08. The molecule has 0 aromatic heterocycles. The number of hydrogen-bond donors (Lipinski definition) is 1. The third-order valence-electron chi connectivity index (χ3n) is 4.94. The smallest absolute Gasteiger partial charge is 0.383 e. The van der Waals surface area contributed by atoms with E-state index in [2.05, 4.69) is 5.32 Å². The summed E-state index contributed by atoms with van der Waals surface area (Å²) in [6.45, 7) is 1.79. The molecular weight excluding hydrogens is 476 g/mol. The van der Waals surface area contributed by atoms with E-state index < -0.39 is 5.97 Å². The lowest BCUT2D eigenvalue weighted by Gasteiger charge is -2.33. The number of ketones is 1. The van der Waals surface area contributed by atoms with Crippen LogP contribution in [-0.2, 0) is 23.8 Å². The van der Waals surface area contributed by atoms with Crippen molar-refractivity contribution in [3.63, 3.8) is 0 Å². The maximum absolute atomic E-state index is 12.4. The zero-order valence-electron chi connectivity index (χ0n) is 15.7. The summed E-state index contributed by atoms with van der Waals surface area (Å²) in [5.41, 5.74) is 1.27. The monoisotopic (exact) mass is 499 g/mol. The molecule has 1 aromatic rings. The van der Waals surface area contributed by atoms with E-state index in [0.717, 1.165) is 18.4 Å². The zero-order chi connectivity index (χ0) is 20.1. The minimum absolute atomic E-state index is 0.00439. The number of carbonyl (C=O) groups excluding carboxylic acids is 3. The van der Waals surface area contributed by atoms with Gasteiger partial charge in [0.05, 0.1) is 12.5 Å². The van der Waals surface area contributed by atoms with Crippen LogP contribution in [0.15, 0.2) is 18.2 Å². The molecule has 2 aliphatic rings. The Hall–Kier alpha value is -1.62. The Morgan fingerprint density at radius 2 is 2.04 bits per heavy atom. The number of hydrogen-bond acceptors (Lipinski definition) is 6. The van der Waals surface area contributed by atoms with E-state index in [0.29, 0.717) is 30.2 Å². The first-order valence-corrected chi connectivity index (χ1v) is 10.4. The number of esters is 1. The van der Waals surface area contributed by atoms with Crippen LogP contribution in [0.25, 0.3) is 0 Å². The van der Waals surface area contributed by atoms with Crippen molar-refractivity contribution in [2.75, 3.05) is 13.2 Å². The minimum atomic E-state index is -0.441. The van der Waals surface area contributed by atoms with Crippen LogP contribution < -0.4 is 9.97 Å². The van der Waals surface area contributed by atoms with Gasteiger partial charge in [0.15, 0.2) is 0 Å². The van der Waals surface area contributed by atoms with Crippen LogP contribution in [0.2, 0.25) is 5.82 Å². The highest BCUT2D eigenvalue weighted by atomic mass is 127. The highest BCUT2D eigenvalue weighted by Gasteiger charge is 2.47. The van der Waals surface area contributed by atoms with Crippen molar-refractivity contribution in [3.05, 3.63) is 29.3 Å². The van der Waals surface area contributed by atoms with Crippen molar-refractivity contribution >= 4 is 47.6 Å². The number of Topliss-reactive ketones (excluding diaryl/α,β-unsaturated/α-hetero) is 1. The van der Waals surface area contributed by atoms with Crippen LogP contribution in [0.4, 0.5) is 0 Å². The van der Waals surface area contributed by atoms with Crippen molar-refractivity contribution < 1.29 is 26.8 Å². The highest BCUT2D eigenvalue weighted by molar-refractivity contribution is 14.1. The molecule has 3 rings (SSSR count). The average molecular weight is 499 g/mol. The lowest BCUT2D eigenvalue weighted by Crippen LogP contribution is -2.53. The fourth-order valence-corrected chi connectivity index (χ4v) is 3.59. The van der Waals surface area contributed by atoms with Gasteiger partial charge in [-0.05, 0) is 30.8 Å². The Balaban J connectivity index is 1.73. The molecule has 0 unspecified atom stereocenters. The molecule has 1 saturated carbocycles. The summed E-state index contributed by atoms with van der Waals surface area (Å²) in [5.74, 6) is 0.154. The van der Waals surface area contributed by atoms with Crippen LogP contribution in [0.3, 0.4) is 0 Å². The van der Waals surface area contributed by atoms with Crippen molar-refractivity contribution in [1.29, 1.82) is 0 Å². The molecule has 1 aliphatic heterocycles. The van der Waals surface area contributed by atoms with Gasteiger partial charge >= 0.3 is 12.9 Å². The summed E-state index contributed by atoms with van der Waals surface area (Å²) < 4.78 is 16.4. The molecule has 1 N–H and O–H groups in total. The van der Waals surface area contributed by atoms with Gasteiger partial charge in [-0.15, -0.1) is 0 Å². The lowest BCUT2D eigenvalue weighted by molar-refractivity contribution is -0.124. The molecule has 1 aliphatic carbocycles. The number of fused-ring (bicyclic) bond motifs is 1. The number of rotatable bonds is 9. The van der Waals surface area contributed by atoms with Crippen LogP contribution in [0.5, 0.6) is 5.75 Å². The van der Waals surface area contributed by atoms with Crippen molar-refractivity contribution in [1.82, 2.24) is 5.32 Å². The van der Waals surface area contributed by atoms with Crippen LogP contribution in [0, 0.1) is 0 Å². The second kappa shape index (κ2) is 9.73. The molecule has 0 saturated heterocycles. The van der Waals surface area contributed by atoms with Gasteiger partial charge < -0.3 is 22.6 Å². The van der Waals surface area contributed by atoms with E-state index in [1.165, 1.54) is 6.92 Å².